The predicted octanol–water partition coefficient (Wildman–Crippen LogP) is 11.7. The second-order valence-corrected chi connectivity index (χ2v) is 17.1. The van der Waals surface area contributed by atoms with E-state index in [4.69, 9.17) is 9.05 Å². The number of likely N-dealkylation sites (N-methyl/N-ethyl adjacent to an activating group) is 1. The Morgan fingerprint density at radius 2 is 1.04 bits per heavy atom. The van der Waals surface area contributed by atoms with E-state index < -0.39 is 20.0 Å². The highest BCUT2D eigenvalue weighted by Gasteiger charge is 2.27. The number of rotatable bonds is 38. The van der Waals surface area contributed by atoms with Crippen LogP contribution in [-0.2, 0) is 18.4 Å². The zero-order chi connectivity index (χ0) is 39.3. The first kappa shape index (κ1) is 51.5. The topological polar surface area (TPSA) is 105 Å². The van der Waals surface area contributed by atoms with Crippen molar-refractivity contribution in [2.24, 2.45) is 0 Å². The van der Waals surface area contributed by atoms with E-state index in [0.29, 0.717) is 17.4 Å². The molecule has 0 saturated carbocycles. The number of allylic oxidation sites excluding steroid dienone is 7. The Morgan fingerprint density at radius 3 is 1.55 bits per heavy atom. The lowest BCUT2D eigenvalue weighted by atomic mass is 10.1. The monoisotopic (exact) mass is 768 g/mol. The average Bonchev–Trinajstić information content (AvgIpc) is 3.10. The molecule has 3 unspecified atom stereocenters. The van der Waals surface area contributed by atoms with E-state index in [-0.39, 0.29) is 19.1 Å². The van der Waals surface area contributed by atoms with Crippen molar-refractivity contribution in [1.82, 2.24) is 5.32 Å². The fraction of sp³-hybridized carbons (Fsp3) is 0.795. The van der Waals surface area contributed by atoms with Gasteiger partial charge in [0.25, 0.3) is 0 Å². The third-order valence-electron chi connectivity index (χ3n) is 9.25. The van der Waals surface area contributed by atoms with Gasteiger partial charge in [-0.3, -0.25) is 13.8 Å². The number of carbonyl (C=O) groups excluding carboxylic acids is 1. The highest BCUT2D eigenvalue weighted by molar-refractivity contribution is 7.47. The molecule has 3 N–H and O–H groups in total. The fourth-order valence-electron chi connectivity index (χ4n) is 5.77. The summed E-state index contributed by atoms with van der Waals surface area (Å²) in [6.07, 6.45) is 44.7. The number of quaternary nitrogens is 1. The van der Waals surface area contributed by atoms with E-state index in [0.717, 1.165) is 64.2 Å². The van der Waals surface area contributed by atoms with Gasteiger partial charge in [0.1, 0.15) is 13.2 Å². The summed E-state index contributed by atoms with van der Waals surface area (Å²) in [5.41, 5.74) is 0. The molecule has 0 aromatic rings. The Labute approximate surface area is 327 Å². The Kier molecular flexibility index (Phi) is 35.1. The Hall–Kier alpha value is -1.54. The molecule has 0 heterocycles. The van der Waals surface area contributed by atoms with Crippen molar-refractivity contribution in [2.45, 2.75) is 187 Å². The van der Waals surface area contributed by atoms with Gasteiger partial charge in [0.2, 0.25) is 5.91 Å². The number of phosphoric acid groups is 1. The van der Waals surface area contributed by atoms with Gasteiger partial charge in [0, 0.05) is 6.42 Å². The van der Waals surface area contributed by atoms with Crippen molar-refractivity contribution in [3.8, 4) is 0 Å². The van der Waals surface area contributed by atoms with E-state index in [1.54, 1.807) is 6.08 Å². The molecule has 0 aromatic carbocycles. The van der Waals surface area contributed by atoms with Crippen molar-refractivity contribution in [3.05, 3.63) is 48.6 Å². The summed E-state index contributed by atoms with van der Waals surface area (Å²) >= 11 is 0. The second-order valence-electron chi connectivity index (χ2n) is 15.7. The third kappa shape index (κ3) is 38.5. The third-order valence-corrected chi connectivity index (χ3v) is 10.2. The number of nitrogens with zero attached hydrogens (tertiary/aromatic N) is 1. The molecule has 0 aliphatic rings. The minimum absolute atomic E-state index is 0.0508. The fourth-order valence-corrected chi connectivity index (χ4v) is 6.51. The van der Waals surface area contributed by atoms with Crippen LogP contribution in [0.15, 0.2) is 48.6 Å². The maximum Gasteiger partial charge on any atom is 0.472 e. The summed E-state index contributed by atoms with van der Waals surface area (Å²) in [5, 5.41) is 13.8. The molecule has 310 valence electrons. The van der Waals surface area contributed by atoms with Gasteiger partial charge in [0.05, 0.1) is 39.9 Å². The molecule has 0 rings (SSSR count). The van der Waals surface area contributed by atoms with E-state index in [2.05, 4.69) is 55.6 Å². The lowest BCUT2D eigenvalue weighted by Crippen LogP contribution is -2.45. The Morgan fingerprint density at radius 1 is 0.623 bits per heavy atom. The van der Waals surface area contributed by atoms with Crippen LogP contribution in [0.5, 0.6) is 0 Å². The van der Waals surface area contributed by atoms with E-state index in [1.807, 2.05) is 27.2 Å². The molecule has 0 spiro atoms. The van der Waals surface area contributed by atoms with Crippen LogP contribution in [-0.4, -0.2) is 73.4 Å². The van der Waals surface area contributed by atoms with Gasteiger partial charge in [0.15, 0.2) is 0 Å². The van der Waals surface area contributed by atoms with Gasteiger partial charge in [-0.25, -0.2) is 4.57 Å². The van der Waals surface area contributed by atoms with Gasteiger partial charge < -0.3 is 19.8 Å². The highest BCUT2D eigenvalue weighted by atomic mass is 31.2. The summed E-state index contributed by atoms with van der Waals surface area (Å²) in [6.45, 7) is 4.73. The maximum absolute atomic E-state index is 12.8. The van der Waals surface area contributed by atoms with Crippen molar-refractivity contribution >= 4 is 13.7 Å². The first-order chi connectivity index (χ1) is 25.5. The quantitative estimate of drug-likeness (QED) is 0.0250. The molecule has 53 heavy (non-hydrogen) atoms. The molecule has 0 aliphatic heterocycles. The summed E-state index contributed by atoms with van der Waals surface area (Å²) in [6, 6.07) is -0.872. The van der Waals surface area contributed by atoms with Crippen LogP contribution in [0.2, 0.25) is 0 Å². The number of unbranched alkanes of at least 4 members (excludes halogenated alkanes) is 19. The number of aliphatic hydroxyl groups is 1. The number of phosphoric ester groups is 1. The first-order valence-electron chi connectivity index (χ1n) is 21.5. The molecule has 0 radical (unpaired) electrons. The van der Waals surface area contributed by atoms with Crippen molar-refractivity contribution < 1.29 is 32.9 Å². The Balaban J connectivity index is 4.50. The van der Waals surface area contributed by atoms with Crippen LogP contribution in [0, 0.1) is 0 Å². The number of amides is 1. The molecule has 0 saturated heterocycles. The van der Waals surface area contributed by atoms with Gasteiger partial charge in [-0.2, -0.15) is 0 Å². The van der Waals surface area contributed by atoms with Crippen LogP contribution in [0.1, 0.15) is 174 Å². The molecule has 0 aliphatic carbocycles. The normalized spacial score (nSPS) is 14.9. The van der Waals surface area contributed by atoms with Crippen LogP contribution < -0.4 is 5.32 Å². The molecule has 9 heteroatoms. The van der Waals surface area contributed by atoms with Gasteiger partial charge in [-0.15, -0.1) is 0 Å². The van der Waals surface area contributed by atoms with Gasteiger partial charge in [-0.05, 0) is 70.6 Å². The zero-order valence-corrected chi connectivity index (χ0v) is 35.9. The molecule has 0 bridgehead atoms. The molecule has 8 nitrogen and oxygen atoms in total. The van der Waals surface area contributed by atoms with E-state index >= 15 is 0 Å². The first-order valence-corrected chi connectivity index (χ1v) is 23.0. The Bertz CT molecular complexity index is 1010. The summed E-state index contributed by atoms with van der Waals surface area (Å²) in [4.78, 5) is 23.1. The molecular formula is C44H84N2O6P+. The van der Waals surface area contributed by atoms with Crippen molar-refractivity contribution in [3.63, 3.8) is 0 Å². The lowest BCUT2D eigenvalue weighted by Gasteiger charge is -2.25. The molecule has 3 atom stereocenters. The summed E-state index contributed by atoms with van der Waals surface area (Å²) in [7, 11) is 1.53. The van der Waals surface area contributed by atoms with Crippen LogP contribution >= 0.6 is 7.82 Å². The molecule has 1 amide bonds. The SMILES string of the molecule is CCCCC/C=C/CC/C=C/CC/C=C/C(O)C(COP(=O)(O)OCC[N+](C)(C)C)NC(=O)CCCCCCC/C=C\CCCCCCCCCCC. The predicted molar refractivity (Wildman–Crippen MR) is 226 cm³/mol. The number of nitrogens with one attached hydrogen (secondary N) is 1. The minimum Gasteiger partial charge on any atom is -0.387 e. The van der Waals surface area contributed by atoms with Gasteiger partial charge >= 0.3 is 7.82 Å². The van der Waals surface area contributed by atoms with E-state index in [9.17, 15) is 19.4 Å². The number of carbonyl (C=O) groups is 1. The van der Waals surface area contributed by atoms with Crippen molar-refractivity contribution in [2.75, 3.05) is 40.9 Å². The highest BCUT2D eigenvalue weighted by Crippen LogP contribution is 2.43. The van der Waals surface area contributed by atoms with Crippen LogP contribution in [0.25, 0.3) is 0 Å². The van der Waals surface area contributed by atoms with Gasteiger partial charge in [-0.1, -0.05) is 146 Å². The van der Waals surface area contributed by atoms with Crippen molar-refractivity contribution in [1.29, 1.82) is 0 Å². The smallest absolute Gasteiger partial charge is 0.387 e. The number of hydrogen-bond acceptors (Lipinski definition) is 5. The molecular weight excluding hydrogens is 683 g/mol. The largest absolute Gasteiger partial charge is 0.472 e. The van der Waals surface area contributed by atoms with Crippen LogP contribution in [0.4, 0.5) is 0 Å². The molecule has 0 aromatic heterocycles. The second kappa shape index (κ2) is 36.1. The minimum atomic E-state index is -4.35. The van der Waals surface area contributed by atoms with E-state index in [1.165, 1.54) is 89.9 Å². The lowest BCUT2D eigenvalue weighted by molar-refractivity contribution is -0.870. The maximum atomic E-state index is 12.8. The van der Waals surface area contributed by atoms with Crippen LogP contribution in [0.3, 0.4) is 0 Å². The molecule has 0 fully saturated rings. The average molecular weight is 768 g/mol. The summed E-state index contributed by atoms with van der Waals surface area (Å²) < 4.78 is 23.5. The number of aliphatic hydroxyl groups excluding tert-OH is 1. The zero-order valence-electron chi connectivity index (χ0n) is 35.0. The summed E-state index contributed by atoms with van der Waals surface area (Å²) in [5.74, 6) is -0.202. The standard InChI is InChI=1S/C44H83N2O6P/c1-6-8-10-12-14-16-18-20-21-22-23-24-26-28-30-32-34-36-38-44(48)45-42(41-52-53(49,50)51-40-39-46(3,4)5)43(47)37-35-33-31-29-27-25-19-17-15-13-11-9-7-2/h15,17,23-24,27,29,35,37,42-43,47H,6-14,16,18-22,25-26,28,30-34,36,38-41H2,1-5H3,(H-,45,48,49,50)/p+1/b17-15+,24-23-,29-27+,37-35+. The number of hydrogen-bond donors (Lipinski definition) is 3.